The van der Waals surface area contributed by atoms with Gasteiger partial charge in [0.25, 0.3) is 5.91 Å². The lowest BCUT2D eigenvalue weighted by molar-refractivity contribution is 0.102. The fraction of sp³-hybridized carbons (Fsp3) is 0.250. The average Bonchev–Trinajstić information content (AvgIpc) is 3.13. The van der Waals surface area contributed by atoms with Crippen LogP contribution in [0.1, 0.15) is 23.2 Å². The minimum Gasteiger partial charge on any atom is -0.322 e. The van der Waals surface area contributed by atoms with E-state index in [9.17, 15) is 13.2 Å². The molecule has 9 heteroatoms. The maximum absolute atomic E-state index is 12.6. The lowest BCUT2D eigenvalue weighted by Gasteiger charge is -2.16. The number of benzene rings is 1. The molecule has 1 aliphatic rings. The number of anilines is 1. The Bertz CT molecular complexity index is 913. The van der Waals surface area contributed by atoms with Crippen molar-refractivity contribution in [1.82, 2.24) is 9.29 Å². The van der Waals surface area contributed by atoms with Crippen LogP contribution in [-0.4, -0.2) is 36.7 Å². The highest BCUT2D eigenvalue weighted by molar-refractivity contribution is 7.89. The van der Waals surface area contributed by atoms with Crippen LogP contribution < -0.4 is 5.32 Å². The number of nitrogens with one attached hydrogen (secondary N) is 1. The average molecular weight is 400 g/mol. The van der Waals surface area contributed by atoms with Crippen molar-refractivity contribution in [3.05, 3.63) is 52.3 Å². The minimum absolute atomic E-state index is 0.108. The molecule has 1 aromatic carbocycles. The molecule has 132 valence electrons. The first kappa shape index (κ1) is 18.1. The Morgan fingerprint density at radius 1 is 1.16 bits per heavy atom. The summed E-state index contributed by atoms with van der Waals surface area (Å²) in [4.78, 5) is 16.3. The molecule has 1 amide bonds. The standard InChI is InChI=1S/C16H15Cl2N3O3S/c17-14-8-11(10-19-15(14)18)16(22)20-12-4-3-5-13(9-12)25(23,24)21-6-1-2-7-21/h3-5,8-10H,1-2,6-7H2,(H,20,22). The molecular formula is C16H15Cl2N3O3S. The van der Waals surface area contributed by atoms with Gasteiger partial charge in [-0.25, -0.2) is 13.4 Å². The van der Waals surface area contributed by atoms with Gasteiger partial charge in [-0.1, -0.05) is 29.3 Å². The van der Waals surface area contributed by atoms with Crippen LogP contribution in [0.5, 0.6) is 0 Å². The molecule has 2 aromatic rings. The maximum Gasteiger partial charge on any atom is 0.257 e. The van der Waals surface area contributed by atoms with Gasteiger partial charge in [0.05, 0.1) is 15.5 Å². The Hall–Kier alpha value is -1.67. The fourth-order valence-electron chi connectivity index (χ4n) is 2.56. The summed E-state index contributed by atoms with van der Waals surface area (Å²) in [5, 5.41) is 2.92. The summed E-state index contributed by atoms with van der Waals surface area (Å²) in [5.74, 6) is -0.457. The maximum atomic E-state index is 12.6. The Kier molecular flexibility index (Phi) is 5.29. The molecule has 1 aromatic heterocycles. The van der Waals surface area contributed by atoms with Crippen molar-refractivity contribution in [3.63, 3.8) is 0 Å². The largest absolute Gasteiger partial charge is 0.322 e. The van der Waals surface area contributed by atoms with Gasteiger partial charge in [0, 0.05) is 25.0 Å². The minimum atomic E-state index is -3.54. The van der Waals surface area contributed by atoms with E-state index in [0.717, 1.165) is 12.8 Å². The van der Waals surface area contributed by atoms with Gasteiger partial charge in [0.2, 0.25) is 10.0 Å². The van der Waals surface area contributed by atoms with Crippen LogP contribution in [0.4, 0.5) is 5.69 Å². The van der Waals surface area contributed by atoms with Gasteiger partial charge in [0.15, 0.2) is 0 Å². The van der Waals surface area contributed by atoms with Crippen molar-refractivity contribution in [3.8, 4) is 0 Å². The van der Waals surface area contributed by atoms with E-state index in [2.05, 4.69) is 10.3 Å². The summed E-state index contributed by atoms with van der Waals surface area (Å²) in [6.45, 7) is 1.04. The quantitative estimate of drug-likeness (QED) is 0.798. The van der Waals surface area contributed by atoms with E-state index in [1.165, 1.54) is 28.7 Å². The van der Waals surface area contributed by atoms with Crippen molar-refractivity contribution >= 4 is 44.8 Å². The van der Waals surface area contributed by atoms with Crippen LogP contribution in [0.25, 0.3) is 0 Å². The molecule has 0 radical (unpaired) electrons. The Balaban J connectivity index is 1.82. The van der Waals surface area contributed by atoms with Gasteiger partial charge in [-0.15, -0.1) is 0 Å². The number of hydrogen-bond acceptors (Lipinski definition) is 4. The number of hydrogen-bond donors (Lipinski definition) is 1. The molecule has 1 fully saturated rings. The third kappa shape index (κ3) is 3.95. The predicted molar refractivity (Wildman–Crippen MR) is 96.6 cm³/mol. The third-order valence-corrected chi connectivity index (χ3v) is 6.43. The van der Waals surface area contributed by atoms with E-state index >= 15 is 0 Å². The first-order valence-electron chi connectivity index (χ1n) is 7.60. The molecule has 0 unspecified atom stereocenters. The topological polar surface area (TPSA) is 79.4 Å². The van der Waals surface area contributed by atoms with Crippen molar-refractivity contribution in [2.45, 2.75) is 17.7 Å². The highest BCUT2D eigenvalue weighted by Crippen LogP contribution is 2.24. The Labute approximate surface area is 155 Å². The molecule has 0 atom stereocenters. The van der Waals surface area contributed by atoms with E-state index < -0.39 is 15.9 Å². The highest BCUT2D eigenvalue weighted by atomic mass is 35.5. The second-order valence-electron chi connectivity index (χ2n) is 5.59. The lowest BCUT2D eigenvalue weighted by atomic mass is 10.2. The van der Waals surface area contributed by atoms with Crippen LogP contribution in [0, 0.1) is 0 Å². The first-order valence-corrected chi connectivity index (χ1v) is 9.80. The van der Waals surface area contributed by atoms with Crippen molar-refractivity contribution < 1.29 is 13.2 Å². The van der Waals surface area contributed by atoms with Crippen molar-refractivity contribution in [1.29, 1.82) is 0 Å². The zero-order chi connectivity index (χ0) is 18.0. The Morgan fingerprint density at radius 2 is 1.88 bits per heavy atom. The van der Waals surface area contributed by atoms with E-state index in [0.29, 0.717) is 18.8 Å². The van der Waals surface area contributed by atoms with Gasteiger partial charge in [-0.2, -0.15) is 4.31 Å². The second-order valence-corrected chi connectivity index (χ2v) is 8.29. The summed E-state index contributed by atoms with van der Waals surface area (Å²) in [6.07, 6.45) is 3.02. The number of halogens is 2. The van der Waals surface area contributed by atoms with Crippen molar-refractivity contribution in [2.24, 2.45) is 0 Å². The second kappa shape index (κ2) is 7.29. The molecule has 0 aliphatic carbocycles. The van der Waals surface area contributed by atoms with Crippen molar-refractivity contribution in [2.75, 3.05) is 18.4 Å². The van der Waals surface area contributed by atoms with Gasteiger partial charge in [-0.3, -0.25) is 4.79 Å². The number of carbonyl (C=O) groups is 1. The summed E-state index contributed by atoms with van der Waals surface area (Å²) < 4.78 is 26.6. The molecule has 2 heterocycles. The predicted octanol–water partition coefficient (Wildman–Crippen LogP) is 3.43. The molecule has 1 saturated heterocycles. The smallest absolute Gasteiger partial charge is 0.257 e. The van der Waals surface area contributed by atoms with Gasteiger partial charge in [0.1, 0.15) is 5.15 Å². The molecule has 3 rings (SSSR count). The zero-order valence-corrected chi connectivity index (χ0v) is 15.4. The zero-order valence-electron chi connectivity index (χ0n) is 13.1. The normalized spacial score (nSPS) is 15.3. The molecule has 6 nitrogen and oxygen atoms in total. The number of sulfonamides is 1. The first-order chi connectivity index (χ1) is 11.9. The van der Waals surface area contributed by atoms with Crippen LogP contribution >= 0.6 is 23.2 Å². The SMILES string of the molecule is O=C(Nc1cccc(S(=O)(=O)N2CCCC2)c1)c1cnc(Cl)c(Cl)c1. The lowest BCUT2D eigenvalue weighted by Crippen LogP contribution is -2.27. The molecular weight excluding hydrogens is 385 g/mol. The molecule has 0 saturated carbocycles. The fourth-order valence-corrected chi connectivity index (χ4v) is 4.39. The molecule has 1 N–H and O–H groups in total. The highest BCUT2D eigenvalue weighted by Gasteiger charge is 2.27. The van der Waals surface area contributed by atoms with Gasteiger partial charge >= 0.3 is 0 Å². The van der Waals surface area contributed by atoms with E-state index in [1.807, 2.05) is 0 Å². The summed E-state index contributed by atoms with van der Waals surface area (Å²) in [5.41, 5.74) is 0.596. The van der Waals surface area contributed by atoms with Crippen LogP contribution in [0.2, 0.25) is 10.2 Å². The molecule has 0 bridgehead atoms. The number of aromatic nitrogens is 1. The third-order valence-electron chi connectivity index (χ3n) is 3.85. The van der Waals surface area contributed by atoms with Crippen LogP contribution in [0.3, 0.4) is 0 Å². The summed E-state index contributed by atoms with van der Waals surface area (Å²) in [6, 6.07) is 7.56. The number of rotatable bonds is 4. The molecule has 0 spiro atoms. The number of amides is 1. The number of pyridine rings is 1. The molecule has 1 aliphatic heterocycles. The summed E-state index contributed by atoms with van der Waals surface area (Å²) >= 11 is 11.6. The Morgan fingerprint density at radius 3 is 2.56 bits per heavy atom. The number of nitrogens with zero attached hydrogens (tertiary/aromatic N) is 2. The molecule has 25 heavy (non-hydrogen) atoms. The number of carbonyl (C=O) groups excluding carboxylic acids is 1. The van der Waals surface area contributed by atoms with E-state index in [-0.39, 0.29) is 20.6 Å². The van der Waals surface area contributed by atoms with Gasteiger partial charge < -0.3 is 5.32 Å². The van der Waals surface area contributed by atoms with Crippen LogP contribution in [0.15, 0.2) is 41.4 Å². The summed E-state index contributed by atoms with van der Waals surface area (Å²) in [7, 11) is -3.54. The monoisotopic (exact) mass is 399 g/mol. The van der Waals surface area contributed by atoms with E-state index in [4.69, 9.17) is 23.2 Å². The van der Waals surface area contributed by atoms with Crippen LogP contribution in [-0.2, 0) is 10.0 Å². The van der Waals surface area contributed by atoms with Gasteiger partial charge in [-0.05, 0) is 37.1 Å². The van der Waals surface area contributed by atoms with E-state index in [1.54, 1.807) is 12.1 Å².